The van der Waals surface area contributed by atoms with Crippen molar-refractivity contribution in [2.24, 2.45) is 0 Å². The van der Waals surface area contributed by atoms with Crippen molar-refractivity contribution in [1.82, 2.24) is 9.78 Å². The highest BCUT2D eigenvalue weighted by atomic mass is 79.9. The third-order valence-electron chi connectivity index (χ3n) is 3.54. The molecule has 0 aromatic carbocycles. The number of halogens is 1. The monoisotopic (exact) mass is 284 g/mol. The average molecular weight is 285 g/mol. The van der Waals surface area contributed by atoms with E-state index in [1.807, 2.05) is 6.20 Å². The Bertz CT molecular complexity index is 327. The van der Waals surface area contributed by atoms with E-state index < -0.39 is 0 Å². The summed E-state index contributed by atoms with van der Waals surface area (Å²) in [5, 5.41) is 5.56. The zero-order valence-electron chi connectivity index (χ0n) is 10.1. The minimum atomic E-state index is 0.670. The molecule has 0 radical (unpaired) electrons. The molecule has 0 unspecified atom stereocenters. The van der Waals surface area contributed by atoms with E-state index >= 15 is 0 Å². The Morgan fingerprint density at radius 2 is 2.12 bits per heavy atom. The second kappa shape index (κ2) is 5.85. The van der Waals surface area contributed by atoms with Crippen molar-refractivity contribution >= 4 is 15.9 Å². The molecule has 1 aliphatic carbocycles. The lowest BCUT2D eigenvalue weighted by Crippen LogP contribution is -2.16. The van der Waals surface area contributed by atoms with E-state index in [0.717, 1.165) is 11.8 Å². The minimum Gasteiger partial charge on any atom is -0.266 e. The summed E-state index contributed by atoms with van der Waals surface area (Å²) in [6.07, 6.45) is 11.2. The van der Waals surface area contributed by atoms with Crippen LogP contribution in [0.25, 0.3) is 0 Å². The molecule has 1 aromatic heterocycles. The Hall–Kier alpha value is -0.310. The van der Waals surface area contributed by atoms with Crippen molar-refractivity contribution in [3.63, 3.8) is 0 Å². The predicted molar refractivity (Wildman–Crippen MR) is 71.0 cm³/mol. The van der Waals surface area contributed by atoms with E-state index in [4.69, 9.17) is 0 Å². The van der Waals surface area contributed by atoms with Gasteiger partial charge in [-0.2, -0.15) is 5.10 Å². The maximum Gasteiger partial charge on any atom is 0.0533 e. The topological polar surface area (TPSA) is 17.8 Å². The molecule has 0 atom stereocenters. The lowest BCUT2D eigenvalue weighted by molar-refractivity contribution is 0.321. The van der Waals surface area contributed by atoms with E-state index in [-0.39, 0.29) is 0 Å². The molecule has 3 heteroatoms. The van der Waals surface area contributed by atoms with Crippen LogP contribution < -0.4 is 0 Å². The molecule has 16 heavy (non-hydrogen) atoms. The van der Waals surface area contributed by atoms with Gasteiger partial charge in [0.2, 0.25) is 0 Å². The smallest absolute Gasteiger partial charge is 0.0533 e. The highest BCUT2D eigenvalue weighted by Crippen LogP contribution is 2.30. The highest BCUT2D eigenvalue weighted by Gasteiger charge is 2.19. The molecule has 0 saturated heterocycles. The van der Waals surface area contributed by atoms with Crippen molar-refractivity contribution in [1.29, 1.82) is 0 Å². The van der Waals surface area contributed by atoms with E-state index in [1.54, 1.807) is 0 Å². The SMILES string of the molecule is CCCc1c(CBr)cnn1C1CCCCC1. The van der Waals surface area contributed by atoms with Crippen molar-refractivity contribution < 1.29 is 0 Å². The predicted octanol–water partition coefficient (Wildman–Crippen LogP) is 4.24. The Kier molecular flexibility index (Phi) is 4.45. The van der Waals surface area contributed by atoms with Crippen LogP contribution in [0.4, 0.5) is 0 Å². The zero-order chi connectivity index (χ0) is 11.4. The molecule has 2 rings (SSSR count). The molecule has 1 fully saturated rings. The number of rotatable bonds is 4. The van der Waals surface area contributed by atoms with Gasteiger partial charge in [0.05, 0.1) is 12.2 Å². The summed E-state index contributed by atoms with van der Waals surface area (Å²) in [7, 11) is 0. The minimum absolute atomic E-state index is 0.670. The Labute approximate surface area is 107 Å². The summed E-state index contributed by atoms with van der Waals surface area (Å²) in [6, 6.07) is 0.670. The number of alkyl halides is 1. The first-order valence-corrected chi connectivity index (χ1v) is 7.60. The molecule has 1 aromatic rings. The fourth-order valence-electron chi connectivity index (χ4n) is 2.69. The molecule has 0 bridgehead atoms. The zero-order valence-corrected chi connectivity index (χ0v) is 11.7. The van der Waals surface area contributed by atoms with Crippen LogP contribution in [-0.4, -0.2) is 9.78 Å². The maximum atomic E-state index is 4.62. The van der Waals surface area contributed by atoms with E-state index in [9.17, 15) is 0 Å². The number of nitrogens with zero attached hydrogens (tertiary/aromatic N) is 2. The summed E-state index contributed by atoms with van der Waals surface area (Å²) in [5.74, 6) is 0. The van der Waals surface area contributed by atoms with Gasteiger partial charge in [-0.3, -0.25) is 4.68 Å². The standard InChI is InChI=1S/C13H21BrN2/c1-2-6-13-11(9-14)10-15-16(13)12-7-4-3-5-8-12/h10,12H,2-9H2,1H3. The molecule has 0 N–H and O–H groups in total. The lowest BCUT2D eigenvalue weighted by atomic mass is 9.95. The molecule has 1 saturated carbocycles. The summed E-state index contributed by atoms with van der Waals surface area (Å²) in [4.78, 5) is 0. The third-order valence-corrected chi connectivity index (χ3v) is 4.14. The van der Waals surface area contributed by atoms with Gasteiger partial charge in [0, 0.05) is 16.6 Å². The normalized spacial score (nSPS) is 17.9. The first-order valence-electron chi connectivity index (χ1n) is 6.48. The molecule has 2 nitrogen and oxygen atoms in total. The van der Waals surface area contributed by atoms with Crippen LogP contribution in [0.3, 0.4) is 0 Å². The fraction of sp³-hybridized carbons (Fsp3) is 0.769. The van der Waals surface area contributed by atoms with Crippen LogP contribution in [0.15, 0.2) is 6.20 Å². The van der Waals surface area contributed by atoms with Crippen LogP contribution in [0, 0.1) is 0 Å². The van der Waals surface area contributed by atoms with E-state index in [0.29, 0.717) is 6.04 Å². The summed E-state index contributed by atoms with van der Waals surface area (Å²) < 4.78 is 2.32. The van der Waals surface area contributed by atoms with Gasteiger partial charge in [0.15, 0.2) is 0 Å². The molecule has 0 aliphatic heterocycles. The van der Waals surface area contributed by atoms with E-state index in [2.05, 4.69) is 32.6 Å². The van der Waals surface area contributed by atoms with Crippen LogP contribution >= 0.6 is 15.9 Å². The summed E-state index contributed by atoms with van der Waals surface area (Å²) in [5.41, 5.74) is 2.85. The van der Waals surface area contributed by atoms with Crippen molar-refractivity contribution in [3.8, 4) is 0 Å². The van der Waals surface area contributed by atoms with Crippen molar-refractivity contribution in [2.45, 2.75) is 63.2 Å². The lowest BCUT2D eigenvalue weighted by Gasteiger charge is -2.24. The van der Waals surface area contributed by atoms with Crippen LogP contribution in [0.1, 0.15) is 62.7 Å². The van der Waals surface area contributed by atoms with Gasteiger partial charge in [-0.05, 0) is 19.3 Å². The second-order valence-electron chi connectivity index (χ2n) is 4.74. The van der Waals surface area contributed by atoms with Gasteiger partial charge in [-0.25, -0.2) is 0 Å². The largest absolute Gasteiger partial charge is 0.266 e. The summed E-state index contributed by atoms with van der Waals surface area (Å²) >= 11 is 3.56. The fourth-order valence-corrected chi connectivity index (χ4v) is 3.16. The van der Waals surface area contributed by atoms with Gasteiger partial charge in [-0.1, -0.05) is 48.5 Å². The first kappa shape index (κ1) is 12.2. The molecule has 1 aliphatic rings. The molecular formula is C13H21BrN2. The third kappa shape index (κ3) is 2.50. The van der Waals surface area contributed by atoms with Crippen LogP contribution in [-0.2, 0) is 11.8 Å². The van der Waals surface area contributed by atoms with Gasteiger partial charge in [0.1, 0.15) is 0 Å². The molecule has 90 valence electrons. The Balaban J connectivity index is 2.20. The van der Waals surface area contributed by atoms with Gasteiger partial charge < -0.3 is 0 Å². The van der Waals surface area contributed by atoms with Gasteiger partial charge >= 0.3 is 0 Å². The van der Waals surface area contributed by atoms with Crippen molar-refractivity contribution in [3.05, 3.63) is 17.5 Å². The van der Waals surface area contributed by atoms with Crippen LogP contribution in [0.2, 0.25) is 0 Å². The number of hydrogen-bond acceptors (Lipinski definition) is 1. The van der Waals surface area contributed by atoms with Crippen molar-refractivity contribution in [2.75, 3.05) is 0 Å². The quantitative estimate of drug-likeness (QED) is 0.757. The molecule has 0 amide bonds. The Morgan fingerprint density at radius 3 is 2.75 bits per heavy atom. The summed E-state index contributed by atoms with van der Waals surface area (Å²) in [6.45, 7) is 2.25. The number of hydrogen-bond donors (Lipinski definition) is 0. The van der Waals surface area contributed by atoms with Gasteiger partial charge in [-0.15, -0.1) is 0 Å². The Morgan fingerprint density at radius 1 is 1.38 bits per heavy atom. The van der Waals surface area contributed by atoms with Gasteiger partial charge in [0.25, 0.3) is 0 Å². The second-order valence-corrected chi connectivity index (χ2v) is 5.30. The first-order chi connectivity index (χ1) is 7.86. The maximum absolute atomic E-state index is 4.62. The van der Waals surface area contributed by atoms with E-state index in [1.165, 1.54) is 49.8 Å². The van der Waals surface area contributed by atoms with Crippen LogP contribution in [0.5, 0.6) is 0 Å². The molecular weight excluding hydrogens is 264 g/mol. The number of aromatic nitrogens is 2. The average Bonchev–Trinajstić information content (AvgIpc) is 2.74. The highest BCUT2D eigenvalue weighted by molar-refractivity contribution is 9.08. The molecule has 1 heterocycles. The molecule has 0 spiro atoms.